The molecule has 0 amide bonds. The van der Waals surface area contributed by atoms with E-state index in [1.165, 1.54) is 19.1 Å². The number of rotatable bonds is 3. The summed E-state index contributed by atoms with van der Waals surface area (Å²) in [6.45, 7) is 3.79. The quantitative estimate of drug-likeness (QED) is 0.927. The van der Waals surface area contributed by atoms with Crippen LogP contribution in [0.3, 0.4) is 0 Å². The molecule has 0 bridgehead atoms. The maximum Gasteiger partial charge on any atom is 0.223 e. The predicted molar refractivity (Wildman–Crippen MR) is 66.2 cm³/mol. The fraction of sp³-hybridized carbons (Fsp3) is 0.231. The second kappa shape index (κ2) is 5.26. The van der Waals surface area contributed by atoms with Gasteiger partial charge in [0.15, 0.2) is 17.5 Å². The molecule has 0 spiro atoms. The third-order valence-electron chi connectivity index (χ3n) is 2.61. The summed E-state index contributed by atoms with van der Waals surface area (Å²) in [7, 11) is 0. The highest BCUT2D eigenvalue weighted by atomic mass is 19.2. The van der Waals surface area contributed by atoms with E-state index in [9.17, 15) is 13.2 Å². The number of nitrogens with one attached hydrogen (secondary N) is 1. The second-order valence-corrected chi connectivity index (χ2v) is 3.98. The summed E-state index contributed by atoms with van der Waals surface area (Å²) in [5.74, 6) is -2.75. The molecule has 1 aromatic heterocycles. The van der Waals surface area contributed by atoms with E-state index in [0.29, 0.717) is 6.54 Å². The minimum absolute atomic E-state index is 0.155. The summed E-state index contributed by atoms with van der Waals surface area (Å²) < 4.78 is 41.0. The SMILES string of the molecule is CCNc1ncc(F)c(-c2ccc(C)c(F)c2F)n1. The van der Waals surface area contributed by atoms with Gasteiger partial charge in [0.2, 0.25) is 5.95 Å². The Kier molecular flexibility index (Phi) is 3.69. The van der Waals surface area contributed by atoms with Gasteiger partial charge in [0.25, 0.3) is 0 Å². The van der Waals surface area contributed by atoms with Gasteiger partial charge in [0.1, 0.15) is 5.69 Å². The number of hydrogen-bond donors (Lipinski definition) is 1. The van der Waals surface area contributed by atoms with Crippen molar-refractivity contribution in [2.24, 2.45) is 0 Å². The van der Waals surface area contributed by atoms with Gasteiger partial charge in [-0.1, -0.05) is 6.07 Å². The minimum Gasteiger partial charge on any atom is -0.354 e. The Hall–Kier alpha value is -2.11. The van der Waals surface area contributed by atoms with Crippen LogP contribution in [-0.2, 0) is 0 Å². The van der Waals surface area contributed by atoms with E-state index in [1.807, 2.05) is 6.92 Å². The summed E-state index contributed by atoms with van der Waals surface area (Å²) in [5, 5.41) is 2.79. The molecule has 2 aromatic rings. The zero-order valence-corrected chi connectivity index (χ0v) is 10.5. The lowest BCUT2D eigenvalue weighted by molar-refractivity contribution is 0.504. The fourth-order valence-corrected chi connectivity index (χ4v) is 1.63. The van der Waals surface area contributed by atoms with Crippen LogP contribution in [0.15, 0.2) is 18.3 Å². The molecule has 0 saturated heterocycles. The highest BCUT2D eigenvalue weighted by Crippen LogP contribution is 2.27. The van der Waals surface area contributed by atoms with Crippen molar-refractivity contribution in [2.75, 3.05) is 11.9 Å². The Bertz CT molecular complexity index is 614. The van der Waals surface area contributed by atoms with Crippen LogP contribution in [0.5, 0.6) is 0 Å². The molecular weight excluding hydrogens is 255 g/mol. The monoisotopic (exact) mass is 267 g/mol. The lowest BCUT2D eigenvalue weighted by Gasteiger charge is -2.08. The van der Waals surface area contributed by atoms with Crippen LogP contribution in [0.4, 0.5) is 19.1 Å². The van der Waals surface area contributed by atoms with Crippen molar-refractivity contribution in [3.8, 4) is 11.3 Å². The van der Waals surface area contributed by atoms with Gasteiger partial charge in [-0.2, -0.15) is 0 Å². The number of anilines is 1. The van der Waals surface area contributed by atoms with Gasteiger partial charge >= 0.3 is 0 Å². The fourth-order valence-electron chi connectivity index (χ4n) is 1.63. The van der Waals surface area contributed by atoms with Gasteiger partial charge in [-0.15, -0.1) is 0 Å². The van der Waals surface area contributed by atoms with Crippen molar-refractivity contribution in [1.29, 1.82) is 0 Å². The summed E-state index contributed by atoms with van der Waals surface area (Å²) in [4.78, 5) is 7.57. The normalized spacial score (nSPS) is 10.6. The van der Waals surface area contributed by atoms with Crippen LogP contribution < -0.4 is 5.32 Å². The number of aryl methyl sites for hydroxylation is 1. The van der Waals surface area contributed by atoms with Gasteiger partial charge < -0.3 is 5.32 Å². The van der Waals surface area contributed by atoms with Crippen LogP contribution >= 0.6 is 0 Å². The molecule has 19 heavy (non-hydrogen) atoms. The Balaban J connectivity index is 2.58. The van der Waals surface area contributed by atoms with E-state index in [0.717, 1.165) is 6.20 Å². The summed E-state index contributed by atoms with van der Waals surface area (Å²) in [5.41, 5.74) is -0.327. The minimum atomic E-state index is -1.11. The van der Waals surface area contributed by atoms with E-state index in [4.69, 9.17) is 0 Å². The maximum absolute atomic E-state index is 13.8. The molecule has 1 N–H and O–H groups in total. The summed E-state index contributed by atoms with van der Waals surface area (Å²) in [6.07, 6.45) is 0.928. The third kappa shape index (κ3) is 2.52. The van der Waals surface area contributed by atoms with Gasteiger partial charge in [-0.05, 0) is 25.5 Å². The molecule has 6 heteroatoms. The first kappa shape index (κ1) is 13.3. The van der Waals surface area contributed by atoms with E-state index in [2.05, 4.69) is 15.3 Å². The number of nitrogens with zero attached hydrogens (tertiary/aromatic N) is 2. The number of halogens is 3. The molecule has 0 radical (unpaired) electrons. The molecule has 0 saturated carbocycles. The van der Waals surface area contributed by atoms with Crippen molar-refractivity contribution in [1.82, 2.24) is 9.97 Å². The summed E-state index contributed by atoms with van der Waals surface area (Å²) >= 11 is 0. The van der Waals surface area contributed by atoms with Crippen molar-refractivity contribution in [3.05, 3.63) is 41.3 Å². The molecule has 1 aromatic carbocycles. The third-order valence-corrected chi connectivity index (χ3v) is 2.61. The Morgan fingerprint density at radius 1 is 1.16 bits per heavy atom. The van der Waals surface area contributed by atoms with Crippen LogP contribution in [0, 0.1) is 24.4 Å². The van der Waals surface area contributed by atoms with E-state index >= 15 is 0 Å². The smallest absolute Gasteiger partial charge is 0.223 e. The zero-order valence-electron chi connectivity index (χ0n) is 10.5. The highest BCUT2D eigenvalue weighted by Gasteiger charge is 2.17. The molecule has 3 nitrogen and oxygen atoms in total. The van der Waals surface area contributed by atoms with Gasteiger partial charge in [0, 0.05) is 12.1 Å². The first-order valence-corrected chi connectivity index (χ1v) is 5.76. The van der Waals surface area contributed by atoms with Crippen molar-refractivity contribution < 1.29 is 13.2 Å². The van der Waals surface area contributed by atoms with E-state index in [1.54, 1.807) is 0 Å². The molecule has 0 aliphatic rings. The second-order valence-electron chi connectivity index (χ2n) is 3.98. The largest absolute Gasteiger partial charge is 0.354 e. The topological polar surface area (TPSA) is 37.8 Å². The van der Waals surface area contributed by atoms with Crippen molar-refractivity contribution in [2.45, 2.75) is 13.8 Å². The first-order chi connectivity index (χ1) is 9.04. The molecule has 0 atom stereocenters. The maximum atomic E-state index is 13.8. The lowest BCUT2D eigenvalue weighted by atomic mass is 10.1. The van der Waals surface area contributed by atoms with E-state index < -0.39 is 17.5 Å². The molecule has 2 rings (SSSR count). The first-order valence-electron chi connectivity index (χ1n) is 5.76. The van der Waals surface area contributed by atoms with Crippen molar-refractivity contribution >= 4 is 5.95 Å². The molecule has 0 unspecified atom stereocenters. The average Bonchev–Trinajstić information content (AvgIpc) is 2.39. The van der Waals surface area contributed by atoms with Crippen molar-refractivity contribution in [3.63, 3.8) is 0 Å². The Morgan fingerprint density at radius 2 is 1.89 bits per heavy atom. The molecule has 0 fully saturated rings. The zero-order chi connectivity index (χ0) is 14.0. The van der Waals surface area contributed by atoms with Crippen LogP contribution in [0.1, 0.15) is 12.5 Å². The van der Waals surface area contributed by atoms with Gasteiger partial charge in [-0.25, -0.2) is 23.1 Å². The van der Waals surface area contributed by atoms with Gasteiger partial charge in [0.05, 0.1) is 6.20 Å². The van der Waals surface area contributed by atoms with Crippen LogP contribution in [0.2, 0.25) is 0 Å². The molecule has 1 heterocycles. The number of aromatic nitrogens is 2. The standard InChI is InChI=1S/C13H12F3N3/c1-3-17-13-18-6-9(14)12(19-13)8-5-4-7(2)10(15)11(8)16/h4-6H,3H2,1-2H3,(H,17,18,19). The highest BCUT2D eigenvalue weighted by molar-refractivity contribution is 5.62. The number of benzene rings is 1. The number of hydrogen-bond acceptors (Lipinski definition) is 3. The Morgan fingerprint density at radius 3 is 2.58 bits per heavy atom. The van der Waals surface area contributed by atoms with Gasteiger partial charge in [-0.3, -0.25) is 0 Å². The van der Waals surface area contributed by atoms with Crippen LogP contribution in [0.25, 0.3) is 11.3 Å². The van der Waals surface area contributed by atoms with E-state index in [-0.39, 0.29) is 22.8 Å². The predicted octanol–water partition coefficient (Wildman–Crippen LogP) is 3.30. The molecule has 0 aliphatic heterocycles. The molecule has 0 aliphatic carbocycles. The lowest BCUT2D eigenvalue weighted by Crippen LogP contribution is -2.05. The molecular formula is C13H12F3N3. The Labute approximate surface area is 108 Å². The molecule has 100 valence electrons. The average molecular weight is 267 g/mol. The van der Waals surface area contributed by atoms with Crippen LogP contribution in [-0.4, -0.2) is 16.5 Å². The summed E-state index contributed by atoms with van der Waals surface area (Å²) in [6, 6.07) is 2.68.